The first-order chi connectivity index (χ1) is 12.3. The van der Waals surface area contributed by atoms with Crippen LogP contribution in [0.2, 0.25) is 0 Å². The van der Waals surface area contributed by atoms with Crippen LogP contribution in [0.5, 0.6) is 0 Å². The van der Waals surface area contributed by atoms with Crippen molar-refractivity contribution in [1.82, 2.24) is 9.97 Å². The zero-order chi connectivity index (χ0) is 18.9. The molecule has 0 radical (unpaired) electrons. The number of nitrogen functional groups attached to an aromatic ring is 1. The maximum absolute atomic E-state index is 13.6. The van der Waals surface area contributed by atoms with Crippen molar-refractivity contribution in [1.29, 1.82) is 0 Å². The number of methoxy groups -OCH3 is 1. The second-order valence-electron chi connectivity index (χ2n) is 5.32. The van der Waals surface area contributed by atoms with Crippen molar-refractivity contribution in [3.8, 4) is 11.3 Å². The first-order valence-corrected chi connectivity index (χ1v) is 9.54. The van der Waals surface area contributed by atoms with Crippen LogP contribution >= 0.6 is 11.3 Å². The molecule has 0 aliphatic rings. The van der Waals surface area contributed by atoms with Gasteiger partial charge in [-0.05, 0) is 18.2 Å². The average Bonchev–Trinajstić information content (AvgIpc) is 2.95. The summed E-state index contributed by atoms with van der Waals surface area (Å²) in [6, 6.07) is 4.18. The molecule has 3 aromatic rings. The van der Waals surface area contributed by atoms with Gasteiger partial charge in [0.2, 0.25) is 0 Å². The monoisotopic (exact) mass is 401 g/mol. The highest BCUT2D eigenvalue weighted by Gasteiger charge is 2.36. The zero-order valence-corrected chi connectivity index (χ0v) is 15.2. The fourth-order valence-corrected chi connectivity index (χ4v) is 4.97. The third-order valence-electron chi connectivity index (χ3n) is 3.61. The van der Waals surface area contributed by atoms with Crippen molar-refractivity contribution >= 4 is 38.0 Å². The van der Waals surface area contributed by atoms with Crippen LogP contribution in [0.3, 0.4) is 0 Å². The Morgan fingerprint density at radius 2 is 2.15 bits per heavy atom. The van der Waals surface area contributed by atoms with Gasteiger partial charge in [0.25, 0.3) is 0 Å². The van der Waals surface area contributed by atoms with Gasteiger partial charge in [-0.3, -0.25) is 9.19 Å². The number of fused-ring (bicyclic) bond motifs is 1. The fourth-order valence-electron chi connectivity index (χ4n) is 2.41. The van der Waals surface area contributed by atoms with Crippen molar-refractivity contribution in [3.63, 3.8) is 0 Å². The van der Waals surface area contributed by atoms with Crippen LogP contribution < -0.4 is 5.73 Å². The molecule has 0 saturated heterocycles. The molecule has 0 fully saturated rings. The van der Waals surface area contributed by atoms with E-state index < -0.39 is 22.5 Å². The Labute approximate surface area is 153 Å². The maximum Gasteiger partial charge on any atom is 0.417 e. The number of pyridine rings is 2. The quantitative estimate of drug-likeness (QED) is 0.705. The topological polar surface area (TPSA) is 78.1 Å². The van der Waals surface area contributed by atoms with Crippen LogP contribution in [0, 0.1) is 0 Å². The van der Waals surface area contributed by atoms with Crippen molar-refractivity contribution in [2.45, 2.75) is 10.4 Å². The van der Waals surface area contributed by atoms with E-state index in [1.165, 1.54) is 19.5 Å². The molecule has 3 aromatic heterocycles. The summed E-state index contributed by atoms with van der Waals surface area (Å²) >= 11 is 0.909. The van der Waals surface area contributed by atoms with E-state index in [4.69, 9.17) is 10.5 Å². The number of alkyl halides is 3. The van der Waals surface area contributed by atoms with Crippen molar-refractivity contribution < 1.29 is 22.1 Å². The molecule has 3 rings (SSSR count). The van der Waals surface area contributed by atoms with Crippen LogP contribution in [0.25, 0.3) is 21.5 Å². The van der Waals surface area contributed by atoms with Crippen LogP contribution in [-0.4, -0.2) is 33.6 Å². The third-order valence-corrected chi connectivity index (χ3v) is 6.48. The van der Waals surface area contributed by atoms with E-state index in [0.29, 0.717) is 5.56 Å². The number of anilines is 1. The lowest BCUT2D eigenvalue weighted by Gasteiger charge is -2.11. The molecule has 138 valence electrons. The second-order valence-corrected chi connectivity index (χ2v) is 8.09. The molecule has 1 atom stereocenters. The minimum absolute atomic E-state index is 0.0944. The number of nitrogens with two attached hydrogens (primary N) is 1. The number of aromatic nitrogens is 2. The molecule has 26 heavy (non-hydrogen) atoms. The summed E-state index contributed by atoms with van der Waals surface area (Å²) in [5, 5.41) is -0.212. The summed E-state index contributed by atoms with van der Waals surface area (Å²) in [6.45, 7) is 0.209. The Morgan fingerprint density at radius 3 is 2.77 bits per heavy atom. The fraction of sp³-hybridized carbons (Fsp3) is 0.250. The van der Waals surface area contributed by atoms with Crippen LogP contribution in [0.4, 0.5) is 18.9 Å². The Bertz CT molecular complexity index is 959. The van der Waals surface area contributed by atoms with Crippen molar-refractivity contribution in [2.24, 2.45) is 0 Å². The maximum atomic E-state index is 13.6. The van der Waals surface area contributed by atoms with Gasteiger partial charge in [-0.15, -0.1) is 11.3 Å². The van der Waals surface area contributed by atoms with Gasteiger partial charge in [-0.25, -0.2) is 4.98 Å². The van der Waals surface area contributed by atoms with E-state index in [9.17, 15) is 17.4 Å². The first-order valence-electron chi connectivity index (χ1n) is 7.41. The number of hydrogen-bond acceptors (Lipinski definition) is 6. The summed E-state index contributed by atoms with van der Waals surface area (Å²) in [7, 11) is -0.112. The van der Waals surface area contributed by atoms with E-state index in [1.54, 1.807) is 12.1 Å². The smallest absolute Gasteiger partial charge is 0.396 e. The highest BCUT2D eigenvalue weighted by molar-refractivity contribution is 7.87. The summed E-state index contributed by atoms with van der Waals surface area (Å²) in [5.41, 5.74) is 5.47. The first kappa shape index (κ1) is 18.7. The lowest BCUT2D eigenvalue weighted by Crippen LogP contribution is -2.08. The lowest BCUT2D eigenvalue weighted by molar-refractivity contribution is -0.136. The third kappa shape index (κ3) is 3.57. The second kappa shape index (κ2) is 7.29. The Morgan fingerprint density at radius 1 is 1.38 bits per heavy atom. The molecular weight excluding hydrogens is 387 g/mol. The van der Waals surface area contributed by atoms with E-state index in [1.807, 2.05) is 0 Å². The molecule has 0 bridgehead atoms. The molecule has 0 unspecified atom stereocenters. The van der Waals surface area contributed by atoms with E-state index >= 15 is 0 Å². The summed E-state index contributed by atoms with van der Waals surface area (Å²) < 4.78 is 58.3. The number of thiophene rings is 1. The largest absolute Gasteiger partial charge is 0.417 e. The average molecular weight is 401 g/mol. The SMILES string of the molecule is COCC[S@@](=O)c1sc2nc(-c3cccnc3)cc(C(F)(F)F)c2c1N. The lowest BCUT2D eigenvalue weighted by atomic mass is 10.1. The van der Waals surface area contributed by atoms with Gasteiger partial charge in [-0.1, -0.05) is 0 Å². The van der Waals surface area contributed by atoms with Crippen LogP contribution in [0.1, 0.15) is 5.56 Å². The van der Waals surface area contributed by atoms with E-state index in [0.717, 1.165) is 17.4 Å². The van der Waals surface area contributed by atoms with Gasteiger partial charge in [0, 0.05) is 30.5 Å². The van der Waals surface area contributed by atoms with Crippen LogP contribution in [-0.2, 0) is 21.7 Å². The summed E-state index contributed by atoms with van der Waals surface area (Å²) in [6.07, 6.45) is -1.67. The molecule has 10 heteroatoms. The Kier molecular flexibility index (Phi) is 5.26. The molecule has 0 aliphatic heterocycles. The van der Waals surface area contributed by atoms with Gasteiger partial charge in [0.1, 0.15) is 9.04 Å². The molecule has 0 spiro atoms. The van der Waals surface area contributed by atoms with Crippen LogP contribution in [0.15, 0.2) is 34.8 Å². The minimum Gasteiger partial charge on any atom is -0.396 e. The van der Waals surface area contributed by atoms with Gasteiger partial charge >= 0.3 is 6.18 Å². The molecule has 3 heterocycles. The molecular formula is C16H14F3N3O2S2. The number of hydrogen-bond donors (Lipinski definition) is 1. The minimum atomic E-state index is -4.63. The van der Waals surface area contributed by atoms with Crippen molar-refractivity contribution in [3.05, 3.63) is 36.2 Å². The molecule has 0 saturated carbocycles. The molecule has 0 aliphatic carbocycles. The molecule has 0 aromatic carbocycles. The highest BCUT2D eigenvalue weighted by atomic mass is 32.2. The Hall–Kier alpha value is -2.04. The number of rotatable bonds is 5. The molecule has 0 amide bonds. The zero-order valence-electron chi connectivity index (χ0n) is 13.5. The Balaban J connectivity index is 2.23. The van der Waals surface area contributed by atoms with Gasteiger partial charge in [0.15, 0.2) is 0 Å². The summed E-state index contributed by atoms with van der Waals surface area (Å²) in [5.74, 6) is 0.143. The highest BCUT2D eigenvalue weighted by Crippen LogP contribution is 2.44. The number of ether oxygens (including phenoxy) is 1. The van der Waals surface area contributed by atoms with E-state index in [-0.39, 0.29) is 38.2 Å². The van der Waals surface area contributed by atoms with E-state index in [2.05, 4.69) is 9.97 Å². The van der Waals surface area contributed by atoms with Gasteiger partial charge in [0.05, 0.1) is 40.1 Å². The standard InChI is InChI=1S/C16H14F3N3O2S2/c1-24-5-6-26(23)15-13(20)12-10(16(17,18)19)7-11(22-14(12)25-15)9-3-2-4-21-8-9/h2-4,7-8H,5-6,20H2,1H3/t26-/m1/s1. The molecule has 2 N–H and O–H groups in total. The predicted octanol–water partition coefficient (Wildman–Crippen LogP) is 3.71. The van der Waals surface area contributed by atoms with Crippen molar-refractivity contribution in [2.75, 3.05) is 25.2 Å². The van der Waals surface area contributed by atoms with Gasteiger partial charge < -0.3 is 10.5 Å². The summed E-state index contributed by atoms with van der Waals surface area (Å²) in [4.78, 5) is 8.30. The van der Waals surface area contributed by atoms with Gasteiger partial charge in [-0.2, -0.15) is 13.2 Å². The number of halogens is 3. The number of nitrogens with zero attached hydrogens (tertiary/aromatic N) is 2. The predicted molar refractivity (Wildman–Crippen MR) is 95.4 cm³/mol. The normalized spacial score (nSPS) is 13.2. The molecule has 5 nitrogen and oxygen atoms in total.